The van der Waals surface area contributed by atoms with Crippen LogP contribution in [0, 0.1) is 0 Å². The van der Waals surface area contributed by atoms with E-state index in [4.69, 9.17) is 16.3 Å². The van der Waals surface area contributed by atoms with E-state index in [0.29, 0.717) is 41.5 Å². The molecule has 0 atom stereocenters. The number of nitrogens with zero attached hydrogens (tertiary/aromatic N) is 1. The highest BCUT2D eigenvalue weighted by atomic mass is 79.9. The SMILES string of the molecule is O=C1c2ccccc2C(=O)N1CCCOc1cc(Br)ccc1Cl. The molecular formula is C17H13BrClNO3. The number of carbonyl (C=O) groups excluding carboxylic acids is 2. The summed E-state index contributed by atoms with van der Waals surface area (Å²) in [6, 6.07) is 12.2. The van der Waals surface area contributed by atoms with Crippen LogP contribution in [-0.4, -0.2) is 29.9 Å². The molecule has 118 valence electrons. The molecule has 0 N–H and O–H groups in total. The Bertz CT molecular complexity index is 743. The Labute approximate surface area is 147 Å². The highest BCUT2D eigenvalue weighted by molar-refractivity contribution is 9.10. The minimum atomic E-state index is -0.244. The maximum absolute atomic E-state index is 12.2. The number of halogens is 2. The van der Waals surface area contributed by atoms with Crippen LogP contribution in [0.2, 0.25) is 5.02 Å². The third-order valence-corrected chi connectivity index (χ3v) is 4.36. The first-order valence-corrected chi connectivity index (χ1v) is 8.28. The van der Waals surface area contributed by atoms with Crippen molar-refractivity contribution in [3.05, 3.63) is 63.1 Å². The van der Waals surface area contributed by atoms with E-state index in [2.05, 4.69) is 15.9 Å². The van der Waals surface area contributed by atoms with Crippen molar-refractivity contribution in [3.63, 3.8) is 0 Å². The van der Waals surface area contributed by atoms with Gasteiger partial charge in [0.1, 0.15) is 5.75 Å². The zero-order valence-electron chi connectivity index (χ0n) is 12.1. The van der Waals surface area contributed by atoms with Gasteiger partial charge in [-0.05, 0) is 36.8 Å². The van der Waals surface area contributed by atoms with Gasteiger partial charge in [-0.15, -0.1) is 0 Å². The normalized spacial score (nSPS) is 13.4. The van der Waals surface area contributed by atoms with Crippen LogP contribution in [0.15, 0.2) is 46.9 Å². The van der Waals surface area contributed by atoms with E-state index in [1.807, 2.05) is 6.07 Å². The summed E-state index contributed by atoms with van der Waals surface area (Å²) in [5.41, 5.74) is 0.932. The Morgan fingerprint density at radius 3 is 2.35 bits per heavy atom. The number of benzene rings is 2. The summed E-state index contributed by atoms with van der Waals surface area (Å²) in [5.74, 6) is 0.0839. The third-order valence-electron chi connectivity index (χ3n) is 3.56. The van der Waals surface area contributed by atoms with Crippen molar-refractivity contribution in [1.82, 2.24) is 4.90 Å². The number of carbonyl (C=O) groups is 2. The molecule has 3 rings (SSSR count). The summed E-state index contributed by atoms with van der Waals surface area (Å²) in [5, 5.41) is 0.522. The van der Waals surface area contributed by atoms with Crippen LogP contribution in [0.4, 0.5) is 0 Å². The Hall–Kier alpha value is -1.85. The first-order valence-electron chi connectivity index (χ1n) is 7.11. The number of amides is 2. The fourth-order valence-electron chi connectivity index (χ4n) is 2.43. The highest BCUT2D eigenvalue weighted by Gasteiger charge is 2.34. The second-order valence-corrected chi connectivity index (χ2v) is 6.41. The topological polar surface area (TPSA) is 46.6 Å². The summed E-state index contributed by atoms with van der Waals surface area (Å²) in [7, 11) is 0. The second kappa shape index (κ2) is 6.72. The van der Waals surface area contributed by atoms with Gasteiger partial charge in [-0.25, -0.2) is 0 Å². The molecule has 0 unspecified atom stereocenters. The molecule has 0 fully saturated rings. The maximum Gasteiger partial charge on any atom is 0.261 e. The Balaban J connectivity index is 1.57. The van der Waals surface area contributed by atoms with Crippen molar-refractivity contribution in [2.24, 2.45) is 0 Å². The molecule has 6 heteroatoms. The fourth-order valence-corrected chi connectivity index (χ4v) is 2.95. The molecule has 1 heterocycles. The molecule has 0 aliphatic carbocycles. The number of rotatable bonds is 5. The van der Waals surface area contributed by atoms with Gasteiger partial charge in [-0.1, -0.05) is 39.7 Å². The number of hydrogen-bond acceptors (Lipinski definition) is 3. The zero-order chi connectivity index (χ0) is 16.4. The molecule has 0 radical (unpaired) electrons. The van der Waals surface area contributed by atoms with Gasteiger partial charge < -0.3 is 4.74 Å². The lowest BCUT2D eigenvalue weighted by atomic mass is 10.1. The van der Waals surface area contributed by atoms with Crippen LogP contribution in [-0.2, 0) is 0 Å². The zero-order valence-corrected chi connectivity index (χ0v) is 14.4. The summed E-state index contributed by atoms with van der Waals surface area (Å²) >= 11 is 9.40. The molecule has 0 spiro atoms. The smallest absolute Gasteiger partial charge is 0.261 e. The molecule has 1 aliphatic heterocycles. The molecule has 2 amide bonds. The number of imide groups is 1. The number of ether oxygens (including phenoxy) is 1. The molecule has 4 nitrogen and oxygen atoms in total. The quantitative estimate of drug-likeness (QED) is 0.565. The predicted molar refractivity (Wildman–Crippen MR) is 91.1 cm³/mol. The van der Waals surface area contributed by atoms with Gasteiger partial charge in [0.25, 0.3) is 11.8 Å². The van der Waals surface area contributed by atoms with Gasteiger partial charge in [0, 0.05) is 11.0 Å². The first kappa shape index (κ1) is 16.0. The standard InChI is InChI=1S/C17H13BrClNO3/c18-11-6-7-14(19)15(10-11)23-9-3-8-20-16(21)12-4-1-2-5-13(12)17(20)22/h1-2,4-7,10H,3,8-9H2. The van der Waals surface area contributed by atoms with Crippen molar-refractivity contribution in [2.45, 2.75) is 6.42 Å². The lowest BCUT2D eigenvalue weighted by molar-refractivity contribution is 0.0647. The van der Waals surface area contributed by atoms with Crippen molar-refractivity contribution >= 4 is 39.3 Å². The Kier molecular flexibility index (Phi) is 4.68. The molecular weight excluding hydrogens is 382 g/mol. The second-order valence-electron chi connectivity index (χ2n) is 5.08. The Morgan fingerprint density at radius 2 is 1.70 bits per heavy atom. The van der Waals surface area contributed by atoms with Crippen LogP contribution in [0.3, 0.4) is 0 Å². The van der Waals surface area contributed by atoms with Crippen molar-refractivity contribution in [2.75, 3.05) is 13.2 Å². The Morgan fingerprint density at radius 1 is 1.04 bits per heavy atom. The van der Waals surface area contributed by atoms with E-state index >= 15 is 0 Å². The van der Waals surface area contributed by atoms with E-state index in [0.717, 1.165) is 4.47 Å². The van der Waals surface area contributed by atoms with Gasteiger partial charge in [0.15, 0.2) is 0 Å². The summed E-state index contributed by atoms with van der Waals surface area (Å²) < 4.78 is 6.49. The lowest BCUT2D eigenvalue weighted by Crippen LogP contribution is -2.31. The molecule has 0 saturated heterocycles. The molecule has 23 heavy (non-hydrogen) atoms. The number of fused-ring (bicyclic) bond motifs is 1. The largest absolute Gasteiger partial charge is 0.492 e. The molecule has 1 aliphatic rings. The average molecular weight is 395 g/mol. The molecule has 0 aromatic heterocycles. The van der Waals surface area contributed by atoms with E-state index in [1.54, 1.807) is 36.4 Å². The van der Waals surface area contributed by atoms with Crippen molar-refractivity contribution < 1.29 is 14.3 Å². The van der Waals surface area contributed by atoms with Gasteiger partial charge >= 0.3 is 0 Å². The van der Waals surface area contributed by atoms with Gasteiger partial charge in [0.05, 0.1) is 22.8 Å². The van der Waals surface area contributed by atoms with E-state index in [1.165, 1.54) is 4.90 Å². The summed E-state index contributed by atoms with van der Waals surface area (Å²) in [6.07, 6.45) is 0.536. The van der Waals surface area contributed by atoms with Crippen molar-refractivity contribution in [3.8, 4) is 5.75 Å². The molecule has 0 bridgehead atoms. The summed E-state index contributed by atoms with van der Waals surface area (Å²) in [4.78, 5) is 25.7. The highest BCUT2D eigenvalue weighted by Crippen LogP contribution is 2.28. The van der Waals surface area contributed by atoms with Crippen LogP contribution in [0.25, 0.3) is 0 Å². The van der Waals surface area contributed by atoms with E-state index < -0.39 is 0 Å². The lowest BCUT2D eigenvalue weighted by Gasteiger charge is -2.14. The van der Waals surface area contributed by atoms with Gasteiger partial charge in [-0.3, -0.25) is 14.5 Å². The first-order chi connectivity index (χ1) is 11.1. The predicted octanol–water partition coefficient (Wildman–Crippen LogP) is 4.17. The van der Waals surface area contributed by atoms with E-state index in [-0.39, 0.29) is 11.8 Å². The maximum atomic E-state index is 12.2. The third kappa shape index (κ3) is 3.26. The number of hydrogen-bond donors (Lipinski definition) is 0. The van der Waals surface area contributed by atoms with E-state index in [9.17, 15) is 9.59 Å². The monoisotopic (exact) mass is 393 g/mol. The van der Waals surface area contributed by atoms with Crippen LogP contribution < -0.4 is 4.74 Å². The summed E-state index contributed by atoms with van der Waals surface area (Å²) in [6.45, 7) is 0.682. The molecule has 2 aromatic rings. The average Bonchev–Trinajstić information content (AvgIpc) is 2.79. The van der Waals surface area contributed by atoms with Crippen LogP contribution in [0.1, 0.15) is 27.1 Å². The van der Waals surface area contributed by atoms with Gasteiger partial charge in [0.2, 0.25) is 0 Å². The fraction of sp³-hybridized carbons (Fsp3) is 0.176. The van der Waals surface area contributed by atoms with Gasteiger partial charge in [-0.2, -0.15) is 0 Å². The minimum Gasteiger partial charge on any atom is -0.492 e. The molecule has 2 aromatic carbocycles. The minimum absolute atomic E-state index is 0.244. The van der Waals surface area contributed by atoms with Crippen LogP contribution in [0.5, 0.6) is 5.75 Å². The van der Waals surface area contributed by atoms with Crippen molar-refractivity contribution in [1.29, 1.82) is 0 Å². The van der Waals surface area contributed by atoms with Crippen LogP contribution >= 0.6 is 27.5 Å². The molecule has 0 saturated carbocycles.